The van der Waals surface area contributed by atoms with Crippen molar-refractivity contribution in [2.24, 2.45) is 0 Å². The Kier molecular flexibility index (Phi) is 2.08. The van der Waals surface area contributed by atoms with E-state index >= 15 is 0 Å². The molecule has 0 spiro atoms. The fourth-order valence-corrected chi connectivity index (χ4v) is 1.23. The quantitative estimate of drug-likeness (QED) is 0.558. The van der Waals surface area contributed by atoms with Gasteiger partial charge in [-0.15, -0.1) is 10.2 Å². The van der Waals surface area contributed by atoms with Crippen LogP contribution in [0.5, 0.6) is 0 Å². The Morgan fingerprint density at radius 2 is 2.08 bits per heavy atom. The lowest BCUT2D eigenvalue weighted by molar-refractivity contribution is 0.576. The maximum Gasteiger partial charge on any atom is 0.173 e. The van der Waals surface area contributed by atoms with Gasteiger partial charge in [0.15, 0.2) is 5.82 Å². The first-order chi connectivity index (χ1) is 5.97. The molecule has 0 aromatic carbocycles. The summed E-state index contributed by atoms with van der Waals surface area (Å²) in [5.41, 5.74) is 0. The van der Waals surface area contributed by atoms with Gasteiger partial charge in [0.05, 0.1) is 6.20 Å². The number of nitrogens with zero attached hydrogens (tertiary/aromatic N) is 5. The first-order valence-electron chi connectivity index (χ1n) is 3.93. The highest BCUT2D eigenvalue weighted by molar-refractivity contribution is 5.33. The number of aromatic nitrogens is 4. The van der Waals surface area contributed by atoms with Crippen molar-refractivity contribution in [1.82, 2.24) is 25.9 Å². The van der Waals surface area contributed by atoms with E-state index in [1.807, 2.05) is 0 Å². The van der Waals surface area contributed by atoms with Crippen molar-refractivity contribution in [3.63, 3.8) is 0 Å². The molecule has 1 N–H and O–H groups in total. The van der Waals surface area contributed by atoms with Crippen molar-refractivity contribution in [3.05, 3.63) is 6.20 Å². The van der Waals surface area contributed by atoms with Crippen molar-refractivity contribution in [2.45, 2.75) is 0 Å². The number of rotatable bonds is 1. The smallest absolute Gasteiger partial charge is 0.173 e. The molecule has 1 aromatic rings. The molecule has 6 nitrogen and oxygen atoms in total. The third kappa shape index (κ3) is 1.48. The lowest BCUT2D eigenvalue weighted by atomic mass is 10.4. The van der Waals surface area contributed by atoms with E-state index in [1.54, 1.807) is 6.20 Å². The first kappa shape index (κ1) is 7.35. The average Bonchev–Trinajstić information content (AvgIpc) is 2.21. The highest BCUT2D eigenvalue weighted by Crippen LogP contribution is 2.05. The molecular formula is C6H10N6. The van der Waals surface area contributed by atoms with Crippen LogP contribution in [0, 0.1) is 0 Å². The van der Waals surface area contributed by atoms with E-state index < -0.39 is 0 Å². The predicted octanol–water partition coefficient (Wildman–Crippen LogP) is -1.32. The monoisotopic (exact) mass is 166 g/mol. The Bertz CT molecular complexity index is 231. The van der Waals surface area contributed by atoms with Crippen LogP contribution in [-0.4, -0.2) is 46.8 Å². The molecule has 1 aliphatic rings. The Morgan fingerprint density at radius 1 is 1.25 bits per heavy atom. The molecule has 1 aromatic heterocycles. The molecule has 0 amide bonds. The van der Waals surface area contributed by atoms with E-state index in [9.17, 15) is 0 Å². The first-order valence-corrected chi connectivity index (χ1v) is 3.93. The van der Waals surface area contributed by atoms with Gasteiger partial charge < -0.3 is 10.2 Å². The average molecular weight is 166 g/mol. The zero-order valence-electron chi connectivity index (χ0n) is 6.64. The summed E-state index contributed by atoms with van der Waals surface area (Å²) in [5, 5.41) is 17.7. The van der Waals surface area contributed by atoms with E-state index in [0.717, 1.165) is 32.0 Å². The minimum atomic E-state index is 0.812. The molecule has 1 saturated heterocycles. The van der Waals surface area contributed by atoms with Gasteiger partial charge >= 0.3 is 0 Å². The van der Waals surface area contributed by atoms with Crippen LogP contribution < -0.4 is 10.2 Å². The van der Waals surface area contributed by atoms with Gasteiger partial charge in [0.2, 0.25) is 0 Å². The van der Waals surface area contributed by atoms with Crippen molar-refractivity contribution in [1.29, 1.82) is 0 Å². The minimum Gasteiger partial charge on any atom is -0.351 e. The summed E-state index contributed by atoms with van der Waals surface area (Å²) in [6, 6.07) is 0. The summed E-state index contributed by atoms with van der Waals surface area (Å²) in [7, 11) is 0. The van der Waals surface area contributed by atoms with Gasteiger partial charge in [0.25, 0.3) is 0 Å². The molecule has 0 radical (unpaired) electrons. The summed E-state index contributed by atoms with van der Waals surface area (Å²) >= 11 is 0. The summed E-state index contributed by atoms with van der Waals surface area (Å²) < 4.78 is 0. The predicted molar refractivity (Wildman–Crippen MR) is 42.7 cm³/mol. The maximum absolute atomic E-state index is 3.88. The third-order valence-corrected chi connectivity index (χ3v) is 1.85. The number of anilines is 1. The van der Waals surface area contributed by atoms with Gasteiger partial charge in [-0.2, -0.15) is 0 Å². The third-order valence-electron chi connectivity index (χ3n) is 1.85. The Hall–Kier alpha value is -1.30. The molecule has 1 aliphatic heterocycles. The highest BCUT2D eigenvalue weighted by Gasteiger charge is 2.11. The molecule has 0 unspecified atom stereocenters. The van der Waals surface area contributed by atoms with Gasteiger partial charge in [0.1, 0.15) is 0 Å². The zero-order chi connectivity index (χ0) is 8.23. The second-order valence-electron chi connectivity index (χ2n) is 2.62. The van der Waals surface area contributed by atoms with Crippen LogP contribution >= 0.6 is 0 Å². The molecule has 0 aliphatic carbocycles. The normalized spacial score (nSPS) is 17.8. The van der Waals surface area contributed by atoms with E-state index in [4.69, 9.17) is 0 Å². The van der Waals surface area contributed by atoms with Crippen LogP contribution in [0.15, 0.2) is 6.20 Å². The summed E-state index contributed by atoms with van der Waals surface area (Å²) in [5.74, 6) is 0.812. The van der Waals surface area contributed by atoms with Gasteiger partial charge in [-0.05, 0) is 10.4 Å². The van der Waals surface area contributed by atoms with Crippen LogP contribution in [0.3, 0.4) is 0 Å². The van der Waals surface area contributed by atoms with E-state index in [2.05, 4.69) is 30.8 Å². The second-order valence-corrected chi connectivity index (χ2v) is 2.62. The largest absolute Gasteiger partial charge is 0.351 e. The van der Waals surface area contributed by atoms with Crippen LogP contribution in [-0.2, 0) is 0 Å². The molecule has 2 heterocycles. The SMILES string of the molecule is c1nnnnc1N1CCNCC1. The fourth-order valence-electron chi connectivity index (χ4n) is 1.23. The second kappa shape index (κ2) is 3.40. The van der Waals surface area contributed by atoms with Crippen LogP contribution in [0.1, 0.15) is 0 Å². The Balaban J connectivity index is 2.08. The molecule has 64 valence electrons. The van der Waals surface area contributed by atoms with Crippen molar-refractivity contribution >= 4 is 5.82 Å². The van der Waals surface area contributed by atoms with Gasteiger partial charge in [-0.3, -0.25) is 0 Å². The number of nitrogens with one attached hydrogen (secondary N) is 1. The highest BCUT2D eigenvalue weighted by atomic mass is 15.5. The lowest BCUT2D eigenvalue weighted by Crippen LogP contribution is -2.44. The molecular weight excluding hydrogens is 156 g/mol. The molecule has 0 atom stereocenters. The number of hydrogen-bond acceptors (Lipinski definition) is 6. The molecule has 1 fully saturated rings. The molecule has 2 rings (SSSR count). The minimum absolute atomic E-state index is 0.812. The van der Waals surface area contributed by atoms with E-state index in [1.165, 1.54) is 0 Å². The Labute approximate surface area is 70.0 Å². The van der Waals surface area contributed by atoms with Crippen LogP contribution in [0.4, 0.5) is 5.82 Å². The lowest BCUT2D eigenvalue weighted by Gasteiger charge is -2.27. The number of piperazine rings is 1. The zero-order valence-corrected chi connectivity index (χ0v) is 6.64. The standard InChI is InChI=1S/C6H10N6/c1-3-12(4-2-7-1)6-5-8-10-11-9-6/h5,7H,1-4H2. The summed E-state index contributed by atoms with van der Waals surface area (Å²) in [4.78, 5) is 2.14. The molecule has 0 bridgehead atoms. The van der Waals surface area contributed by atoms with E-state index in [0.29, 0.717) is 0 Å². The maximum atomic E-state index is 3.88. The van der Waals surface area contributed by atoms with E-state index in [-0.39, 0.29) is 0 Å². The fraction of sp³-hybridized carbons (Fsp3) is 0.667. The molecule has 0 saturated carbocycles. The molecule has 12 heavy (non-hydrogen) atoms. The summed E-state index contributed by atoms with van der Waals surface area (Å²) in [6.45, 7) is 3.90. The molecule has 6 heteroatoms. The summed E-state index contributed by atoms with van der Waals surface area (Å²) in [6.07, 6.45) is 1.64. The van der Waals surface area contributed by atoms with Crippen molar-refractivity contribution in [3.8, 4) is 0 Å². The van der Waals surface area contributed by atoms with Crippen LogP contribution in [0.2, 0.25) is 0 Å². The van der Waals surface area contributed by atoms with Crippen molar-refractivity contribution in [2.75, 3.05) is 31.1 Å². The van der Waals surface area contributed by atoms with Gasteiger partial charge in [-0.25, -0.2) is 0 Å². The Morgan fingerprint density at radius 3 is 2.75 bits per heavy atom. The van der Waals surface area contributed by atoms with Gasteiger partial charge in [-0.1, -0.05) is 0 Å². The van der Waals surface area contributed by atoms with Crippen LogP contribution in [0.25, 0.3) is 0 Å². The van der Waals surface area contributed by atoms with Gasteiger partial charge in [0, 0.05) is 26.2 Å². The topological polar surface area (TPSA) is 66.8 Å². The number of hydrogen-bond donors (Lipinski definition) is 1. The van der Waals surface area contributed by atoms with Crippen molar-refractivity contribution < 1.29 is 0 Å².